The second kappa shape index (κ2) is 10.0. The zero-order valence-corrected chi connectivity index (χ0v) is 17.7. The molecule has 1 atom stereocenters. The van der Waals surface area contributed by atoms with Crippen molar-refractivity contribution in [3.8, 4) is 0 Å². The molecule has 6 nitrogen and oxygen atoms in total. The van der Waals surface area contributed by atoms with Crippen LogP contribution in [-0.2, 0) is 9.59 Å². The average Bonchev–Trinajstić information content (AvgIpc) is 2.66. The van der Waals surface area contributed by atoms with Crippen LogP contribution in [0.5, 0.6) is 0 Å². The summed E-state index contributed by atoms with van der Waals surface area (Å²) >= 11 is 3.33. The van der Waals surface area contributed by atoms with E-state index < -0.39 is 11.9 Å². The van der Waals surface area contributed by atoms with Crippen molar-refractivity contribution in [1.82, 2.24) is 10.6 Å². The molecule has 0 aliphatic heterocycles. The van der Waals surface area contributed by atoms with Gasteiger partial charge in [0.05, 0.1) is 6.54 Å². The SMILES string of the molecule is Cc1ccc(C(=O)NC(C(=O)NCC(=O)Nc2ccc(Br)cc2)C(C)C)cc1. The van der Waals surface area contributed by atoms with Crippen LogP contribution in [-0.4, -0.2) is 30.3 Å². The fraction of sp³-hybridized carbons (Fsp3) is 0.286. The van der Waals surface area contributed by atoms with Crippen LogP contribution in [0.4, 0.5) is 5.69 Å². The molecule has 0 aromatic heterocycles. The summed E-state index contributed by atoms with van der Waals surface area (Å²) in [5.74, 6) is -1.21. The van der Waals surface area contributed by atoms with Gasteiger partial charge in [0.25, 0.3) is 5.91 Å². The Bertz CT molecular complexity index is 833. The fourth-order valence-electron chi connectivity index (χ4n) is 2.48. The van der Waals surface area contributed by atoms with Crippen molar-refractivity contribution in [2.75, 3.05) is 11.9 Å². The van der Waals surface area contributed by atoms with Gasteiger partial charge in [-0.15, -0.1) is 0 Å². The Kier molecular flexibility index (Phi) is 7.75. The third kappa shape index (κ3) is 6.49. The summed E-state index contributed by atoms with van der Waals surface area (Å²) in [5.41, 5.74) is 2.17. The second-order valence-electron chi connectivity index (χ2n) is 6.83. The van der Waals surface area contributed by atoms with Crippen molar-refractivity contribution < 1.29 is 14.4 Å². The number of halogens is 1. The van der Waals surface area contributed by atoms with Gasteiger partial charge in [0.2, 0.25) is 11.8 Å². The van der Waals surface area contributed by atoms with Crippen LogP contribution in [0.25, 0.3) is 0 Å². The van der Waals surface area contributed by atoms with Crippen molar-refractivity contribution in [2.24, 2.45) is 5.92 Å². The molecule has 2 rings (SSSR count). The first-order valence-corrected chi connectivity index (χ1v) is 9.76. The molecule has 148 valence electrons. The zero-order valence-electron chi connectivity index (χ0n) is 16.1. The number of amides is 3. The third-order valence-electron chi connectivity index (χ3n) is 4.10. The van der Waals surface area contributed by atoms with Gasteiger partial charge >= 0.3 is 0 Å². The number of hydrogen-bond acceptors (Lipinski definition) is 3. The molecule has 0 saturated carbocycles. The number of carbonyl (C=O) groups excluding carboxylic acids is 3. The number of benzene rings is 2. The van der Waals surface area contributed by atoms with Crippen molar-refractivity contribution in [2.45, 2.75) is 26.8 Å². The number of hydrogen-bond donors (Lipinski definition) is 3. The Morgan fingerprint density at radius 2 is 1.57 bits per heavy atom. The van der Waals surface area contributed by atoms with Crippen LogP contribution in [0.1, 0.15) is 29.8 Å². The van der Waals surface area contributed by atoms with Crippen molar-refractivity contribution in [3.05, 3.63) is 64.1 Å². The van der Waals surface area contributed by atoms with Gasteiger partial charge < -0.3 is 16.0 Å². The van der Waals surface area contributed by atoms with Crippen molar-refractivity contribution in [1.29, 1.82) is 0 Å². The van der Waals surface area contributed by atoms with Crippen LogP contribution in [0, 0.1) is 12.8 Å². The molecule has 0 fully saturated rings. The fourth-order valence-corrected chi connectivity index (χ4v) is 2.74. The van der Waals surface area contributed by atoms with Crippen LogP contribution < -0.4 is 16.0 Å². The zero-order chi connectivity index (χ0) is 20.7. The quantitative estimate of drug-likeness (QED) is 0.610. The molecule has 3 amide bonds. The summed E-state index contributed by atoms with van der Waals surface area (Å²) in [6.45, 7) is 5.42. The van der Waals surface area contributed by atoms with Gasteiger partial charge in [0.1, 0.15) is 6.04 Å². The molecule has 0 aliphatic carbocycles. The van der Waals surface area contributed by atoms with Gasteiger partial charge in [0.15, 0.2) is 0 Å². The molecule has 0 spiro atoms. The lowest BCUT2D eigenvalue weighted by Gasteiger charge is -2.21. The van der Waals surface area contributed by atoms with E-state index in [9.17, 15) is 14.4 Å². The maximum atomic E-state index is 12.5. The van der Waals surface area contributed by atoms with Crippen molar-refractivity contribution in [3.63, 3.8) is 0 Å². The van der Waals surface area contributed by atoms with Gasteiger partial charge in [0, 0.05) is 15.7 Å². The highest BCUT2D eigenvalue weighted by Gasteiger charge is 2.25. The Labute approximate surface area is 173 Å². The summed E-state index contributed by atoms with van der Waals surface area (Å²) in [4.78, 5) is 36.9. The number of nitrogens with one attached hydrogen (secondary N) is 3. The maximum Gasteiger partial charge on any atom is 0.251 e. The third-order valence-corrected chi connectivity index (χ3v) is 4.63. The first-order valence-electron chi connectivity index (χ1n) is 8.97. The second-order valence-corrected chi connectivity index (χ2v) is 7.75. The van der Waals surface area contributed by atoms with Crippen molar-refractivity contribution >= 4 is 39.3 Å². The minimum Gasteiger partial charge on any atom is -0.345 e. The van der Waals surface area contributed by atoms with Gasteiger partial charge in [-0.3, -0.25) is 14.4 Å². The van der Waals surface area contributed by atoms with E-state index in [0.29, 0.717) is 11.3 Å². The lowest BCUT2D eigenvalue weighted by Crippen LogP contribution is -2.51. The molecule has 0 heterocycles. The summed E-state index contributed by atoms with van der Waals surface area (Å²) in [6, 6.07) is 13.5. The van der Waals surface area contributed by atoms with E-state index in [4.69, 9.17) is 0 Å². The normalized spacial score (nSPS) is 11.6. The molecule has 1 unspecified atom stereocenters. The average molecular weight is 446 g/mol. The molecule has 0 saturated heterocycles. The number of aryl methyl sites for hydroxylation is 1. The molecule has 2 aromatic rings. The van der Waals surface area contributed by atoms with Gasteiger partial charge in [-0.2, -0.15) is 0 Å². The Morgan fingerprint density at radius 1 is 0.964 bits per heavy atom. The first kappa shape index (κ1) is 21.6. The van der Waals surface area contributed by atoms with Gasteiger partial charge in [-0.1, -0.05) is 47.5 Å². The molecule has 0 bridgehead atoms. The highest BCUT2D eigenvalue weighted by Crippen LogP contribution is 2.14. The number of carbonyl (C=O) groups is 3. The molecule has 2 aromatic carbocycles. The summed E-state index contributed by atoms with van der Waals surface area (Å²) in [5, 5.41) is 8.03. The van der Waals surface area contributed by atoms with E-state index in [0.717, 1.165) is 10.0 Å². The van der Waals surface area contributed by atoms with Crippen LogP contribution in [0.3, 0.4) is 0 Å². The van der Waals surface area contributed by atoms with E-state index >= 15 is 0 Å². The first-order chi connectivity index (χ1) is 13.3. The maximum absolute atomic E-state index is 12.5. The predicted molar refractivity (Wildman–Crippen MR) is 113 cm³/mol. The number of rotatable bonds is 7. The van der Waals surface area contributed by atoms with Gasteiger partial charge in [-0.05, 0) is 49.2 Å². The minimum absolute atomic E-state index is 0.135. The standard InChI is InChI=1S/C21H24BrN3O3/c1-13(2)19(25-20(27)15-6-4-14(3)5-7-15)21(28)23-12-18(26)24-17-10-8-16(22)9-11-17/h4-11,13,19H,12H2,1-3H3,(H,23,28)(H,24,26)(H,25,27). The molecular formula is C21H24BrN3O3. The smallest absolute Gasteiger partial charge is 0.251 e. The predicted octanol–water partition coefficient (Wildman–Crippen LogP) is 3.27. The summed E-state index contributed by atoms with van der Waals surface area (Å²) in [7, 11) is 0. The molecule has 28 heavy (non-hydrogen) atoms. The molecule has 7 heteroatoms. The molecule has 3 N–H and O–H groups in total. The van der Waals surface area contributed by atoms with Gasteiger partial charge in [-0.25, -0.2) is 0 Å². The molecular weight excluding hydrogens is 422 g/mol. The monoisotopic (exact) mass is 445 g/mol. The van der Waals surface area contributed by atoms with E-state index in [1.807, 2.05) is 45.0 Å². The Hall–Kier alpha value is -2.67. The van der Waals surface area contributed by atoms with E-state index in [1.165, 1.54) is 0 Å². The van der Waals surface area contributed by atoms with Crippen LogP contribution in [0.2, 0.25) is 0 Å². The topological polar surface area (TPSA) is 87.3 Å². The minimum atomic E-state index is -0.741. The summed E-state index contributed by atoms with van der Waals surface area (Å²) in [6.07, 6.45) is 0. The summed E-state index contributed by atoms with van der Waals surface area (Å²) < 4.78 is 0.905. The highest BCUT2D eigenvalue weighted by atomic mass is 79.9. The largest absolute Gasteiger partial charge is 0.345 e. The molecule has 0 aliphatic rings. The Balaban J connectivity index is 1.91. The highest BCUT2D eigenvalue weighted by molar-refractivity contribution is 9.10. The Morgan fingerprint density at radius 3 is 2.14 bits per heavy atom. The molecule has 0 radical (unpaired) electrons. The van der Waals surface area contributed by atoms with E-state index in [-0.39, 0.29) is 24.3 Å². The van der Waals surface area contributed by atoms with E-state index in [1.54, 1.807) is 24.3 Å². The lowest BCUT2D eigenvalue weighted by atomic mass is 10.0. The van der Waals surface area contributed by atoms with Crippen LogP contribution in [0.15, 0.2) is 53.0 Å². The number of anilines is 1. The lowest BCUT2D eigenvalue weighted by molar-refractivity contribution is -0.126. The van der Waals surface area contributed by atoms with Crippen LogP contribution >= 0.6 is 15.9 Å². The van der Waals surface area contributed by atoms with E-state index in [2.05, 4.69) is 31.9 Å².